The van der Waals surface area contributed by atoms with E-state index in [-0.39, 0.29) is 18.4 Å². The second-order valence-electron chi connectivity index (χ2n) is 5.62. The van der Waals surface area contributed by atoms with Gasteiger partial charge in [-0.3, -0.25) is 9.59 Å². The fourth-order valence-corrected chi connectivity index (χ4v) is 2.35. The van der Waals surface area contributed by atoms with Crippen LogP contribution in [0.15, 0.2) is 54.6 Å². The Hall–Kier alpha value is -2.70. The summed E-state index contributed by atoms with van der Waals surface area (Å²) in [5.74, 6) is -0.571. The van der Waals surface area contributed by atoms with Crippen LogP contribution in [0.1, 0.15) is 12.5 Å². The van der Waals surface area contributed by atoms with Gasteiger partial charge in [0.2, 0.25) is 5.91 Å². The number of hydrogen-bond donors (Lipinski definition) is 2. The lowest BCUT2D eigenvalue weighted by Crippen LogP contribution is -2.39. The van der Waals surface area contributed by atoms with Gasteiger partial charge in [-0.15, -0.1) is 0 Å². The maximum atomic E-state index is 12.8. The van der Waals surface area contributed by atoms with Crippen LogP contribution in [-0.4, -0.2) is 32.6 Å². The Bertz CT molecular complexity index is 733. The number of hydrogen-bond acceptors (Lipinski definition) is 4. The summed E-state index contributed by atoms with van der Waals surface area (Å²) in [5.41, 5.74) is 0.744. The van der Waals surface area contributed by atoms with E-state index in [9.17, 15) is 9.59 Å². The van der Waals surface area contributed by atoms with Crippen LogP contribution in [0, 0.1) is 0 Å². The number of carbonyl (C=O) groups excluding carboxylic acids is 2. The summed E-state index contributed by atoms with van der Waals surface area (Å²) in [5, 5.41) is 5.53. The molecule has 6 nitrogen and oxygen atoms in total. The van der Waals surface area contributed by atoms with Crippen LogP contribution >= 0.6 is 0 Å². The van der Waals surface area contributed by atoms with Gasteiger partial charge in [0.05, 0.1) is 0 Å². The molecule has 2 amide bonds. The van der Waals surface area contributed by atoms with Crippen LogP contribution in [0.3, 0.4) is 0 Å². The van der Waals surface area contributed by atoms with Gasteiger partial charge in [0.25, 0.3) is 5.91 Å². The molecule has 0 heterocycles. The molecule has 0 fully saturated rings. The maximum absolute atomic E-state index is 12.8. The zero-order chi connectivity index (χ0) is 18.3. The molecule has 0 bridgehead atoms. The lowest BCUT2D eigenvalue weighted by atomic mass is 9.94. The second-order valence-corrected chi connectivity index (χ2v) is 5.62. The molecule has 0 aliphatic carbocycles. The molecule has 25 heavy (non-hydrogen) atoms. The van der Waals surface area contributed by atoms with Crippen LogP contribution in [0.2, 0.25) is 0 Å². The maximum Gasteiger partial charge on any atom is 0.260 e. The first kappa shape index (κ1) is 18.6. The number of nitrogens with one attached hydrogen (secondary N) is 2. The van der Waals surface area contributed by atoms with E-state index in [1.807, 2.05) is 30.3 Å². The third-order valence-corrected chi connectivity index (χ3v) is 3.85. The van der Waals surface area contributed by atoms with Gasteiger partial charge in [0.15, 0.2) is 5.60 Å². The predicted octanol–water partition coefficient (Wildman–Crippen LogP) is 2.77. The fourth-order valence-electron chi connectivity index (χ4n) is 2.35. The highest BCUT2D eigenvalue weighted by Crippen LogP contribution is 2.27. The first-order chi connectivity index (χ1) is 12.0. The average Bonchev–Trinajstić information content (AvgIpc) is 2.62. The Morgan fingerprint density at radius 3 is 2.20 bits per heavy atom. The minimum atomic E-state index is -1.13. The van der Waals surface area contributed by atoms with E-state index in [0.29, 0.717) is 11.4 Å². The van der Waals surface area contributed by atoms with E-state index in [1.54, 1.807) is 31.2 Å². The fraction of sp³-hybridized carbons (Fsp3) is 0.263. The van der Waals surface area contributed by atoms with Crippen LogP contribution in [-0.2, 0) is 24.7 Å². The van der Waals surface area contributed by atoms with Gasteiger partial charge in [0, 0.05) is 25.6 Å². The molecule has 0 aliphatic heterocycles. The number of anilines is 2. The number of carbonyl (C=O) groups is 2. The molecule has 2 rings (SSSR count). The Labute approximate surface area is 147 Å². The zero-order valence-electron chi connectivity index (χ0n) is 14.5. The van der Waals surface area contributed by atoms with Crippen LogP contribution < -0.4 is 10.6 Å². The molecule has 0 spiro atoms. The van der Waals surface area contributed by atoms with Crippen molar-refractivity contribution in [3.05, 3.63) is 60.2 Å². The standard InChI is InChI=1S/C19H22N2O4/c1-19(25-3,14-8-5-4-6-9-14)18(23)21-16-11-7-10-15(12-16)20-17(22)13-24-2/h4-12H,13H2,1-3H3,(H,20,22)(H,21,23)/t19-/m1/s1. The Kier molecular flexibility index (Phi) is 6.27. The normalized spacial score (nSPS) is 12.9. The van der Waals surface area contributed by atoms with Gasteiger partial charge < -0.3 is 20.1 Å². The molecule has 0 radical (unpaired) electrons. The van der Waals surface area contributed by atoms with Gasteiger partial charge >= 0.3 is 0 Å². The predicted molar refractivity (Wildman–Crippen MR) is 96.4 cm³/mol. The molecule has 0 saturated carbocycles. The van der Waals surface area contributed by atoms with E-state index in [1.165, 1.54) is 14.2 Å². The zero-order valence-corrected chi connectivity index (χ0v) is 14.5. The smallest absolute Gasteiger partial charge is 0.260 e. The van der Waals surface area contributed by atoms with Gasteiger partial charge in [0.1, 0.15) is 6.61 Å². The first-order valence-corrected chi connectivity index (χ1v) is 7.80. The summed E-state index contributed by atoms with van der Waals surface area (Å²) in [6.45, 7) is 1.67. The summed E-state index contributed by atoms with van der Waals surface area (Å²) in [4.78, 5) is 24.4. The van der Waals surface area contributed by atoms with Gasteiger partial charge in [-0.2, -0.15) is 0 Å². The molecular weight excluding hydrogens is 320 g/mol. The summed E-state index contributed by atoms with van der Waals surface area (Å²) < 4.78 is 10.3. The lowest BCUT2D eigenvalue weighted by molar-refractivity contribution is -0.136. The van der Waals surface area contributed by atoms with E-state index < -0.39 is 5.60 Å². The van der Waals surface area contributed by atoms with Crippen molar-refractivity contribution in [2.24, 2.45) is 0 Å². The number of ether oxygens (including phenoxy) is 2. The van der Waals surface area contributed by atoms with E-state index in [0.717, 1.165) is 5.56 Å². The third-order valence-electron chi connectivity index (χ3n) is 3.85. The summed E-state index contributed by atoms with van der Waals surface area (Å²) in [6.07, 6.45) is 0. The van der Waals surface area contributed by atoms with Crippen LogP contribution in [0.4, 0.5) is 11.4 Å². The Morgan fingerprint density at radius 1 is 0.960 bits per heavy atom. The number of rotatable bonds is 7. The molecule has 1 atom stereocenters. The van der Waals surface area contributed by atoms with Crippen molar-refractivity contribution < 1.29 is 19.1 Å². The molecule has 0 saturated heterocycles. The van der Waals surface area contributed by atoms with Crippen molar-refractivity contribution in [1.29, 1.82) is 0 Å². The molecule has 2 N–H and O–H groups in total. The van der Waals surface area contributed by atoms with Crippen molar-refractivity contribution >= 4 is 23.2 Å². The van der Waals surface area contributed by atoms with Crippen molar-refractivity contribution in [3.8, 4) is 0 Å². The highest BCUT2D eigenvalue weighted by Gasteiger charge is 2.35. The van der Waals surface area contributed by atoms with Gasteiger partial charge in [-0.1, -0.05) is 36.4 Å². The molecule has 2 aromatic rings. The Balaban J connectivity index is 2.15. The largest absolute Gasteiger partial charge is 0.375 e. The molecular formula is C19H22N2O4. The second kappa shape index (κ2) is 8.41. The number of benzene rings is 2. The number of methoxy groups -OCH3 is 2. The molecule has 0 aromatic heterocycles. The Morgan fingerprint density at radius 2 is 1.60 bits per heavy atom. The van der Waals surface area contributed by atoms with E-state index >= 15 is 0 Å². The van der Waals surface area contributed by atoms with Crippen molar-refractivity contribution in [1.82, 2.24) is 0 Å². The van der Waals surface area contributed by atoms with Crippen molar-refractivity contribution in [2.45, 2.75) is 12.5 Å². The molecule has 0 unspecified atom stereocenters. The van der Waals surface area contributed by atoms with Crippen LogP contribution in [0.25, 0.3) is 0 Å². The van der Waals surface area contributed by atoms with E-state index in [2.05, 4.69) is 10.6 Å². The quantitative estimate of drug-likeness (QED) is 0.811. The summed E-state index contributed by atoms with van der Waals surface area (Å²) in [7, 11) is 2.94. The average molecular weight is 342 g/mol. The first-order valence-electron chi connectivity index (χ1n) is 7.80. The highest BCUT2D eigenvalue weighted by molar-refractivity contribution is 5.99. The summed E-state index contributed by atoms with van der Waals surface area (Å²) >= 11 is 0. The molecule has 6 heteroatoms. The molecule has 2 aromatic carbocycles. The molecule has 132 valence electrons. The highest BCUT2D eigenvalue weighted by atomic mass is 16.5. The van der Waals surface area contributed by atoms with E-state index in [4.69, 9.17) is 9.47 Å². The van der Waals surface area contributed by atoms with Crippen molar-refractivity contribution in [2.75, 3.05) is 31.5 Å². The summed E-state index contributed by atoms with van der Waals surface area (Å²) in [6, 6.07) is 16.1. The lowest BCUT2D eigenvalue weighted by Gasteiger charge is -2.27. The SMILES string of the molecule is COCC(=O)Nc1cccc(NC(=O)[C@](C)(OC)c2ccccc2)c1. The van der Waals surface area contributed by atoms with Gasteiger partial charge in [-0.05, 0) is 30.7 Å². The van der Waals surface area contributed by atoms with Gasteiger partial charge in [-0.25, -0.2) is 0 Å². The minimum Gasteiger partial charge on any atom is -0.375 e. The number of amides is 2. The van der Waals surface area contributed by atoms with Crippen LogP contribution in [0.5, 0.6) is 0 Å². The monoisotopic (exact) mass is 342 g/mol. The molecule has 0 aliphatic rings. The third kappa shape index (κ3) is 4.65. The topological polar surface area (TPSA) is 76.7 Å². The minimum absolute atomic E-state index is 0.0354. The van der Waals surface area contributed by atoms with Crippen molar-refractivity contribution in [3.63, 3.8) is 0 Å².